The Labute approximate surface area is 134 Å². The van der Waals surface area contributed by atoms with Crippen LogP contribution in [0.5, 0.6) is 0 Å². The fraction of sp³-hybridized carbons (Fsp3) is 0.750. The maximum absolute atomic E-state index is 2.56. The van der Waals surface area contributed by atoms with Gasteiger partial charge in [0, 0.05) is 16.7 Å². The number of allylic oxidation sites excluding steroid dienone is 4. The molecule has 0 aromatic rings. The SMILES string of the molecule is CC[P+]1(C)C(C(C)(C)C)=C[C](C(C)(C)C)C=C1C(C)(C)C. The van der Waals surface area contributed by atoms with Crippen molar-refractivity contribution in [2.75, 3.05) is 12.8 Å². The molecule has 0 nitrogen and oxygen atoms in total. The van der Waals surface area contributed by atoms with Crippen LogP contribution in [0.4, 0.5) is 0 Å². The standard InChI is InChI=1S/C20H37P/c1-12-21(11)16(19(5,6)7)13-15(18(2,3)4)14-17(21)20(8,9)10/h13-14H,12H2,1-11H3/q+1. The van der Waals surface area contributed by atoms with Crippen LogP contribution in [0, 0.1) is 22.2 Å². The molecule has 0 N–H and O–H groups in total. The fourth-order valence-electron chi connectivity index (χ4n) is 3.44. The molecule has 1 heteroatoms. The van der Waals surface area contributed by atoms with E-state index in [2.05, 4.69) is 88.1 Å². The van der Waals surface area contributed by atoms with Gasteiger partial charge in [0.15, 0.2) is 0 Å². The summed E-state index contributed by atoms with van der Waals surface area (Å²) in [6, 6.07) is 0. The van der Waals surface area contributed by atoms with Crippen LogP contribution in [-0.2, 0) is 0 Å². The van der Waals surface area contributed by atoms with Gasteiger partial charge in [-0.15, -0.1) is 0 Å². The smallest absolute Gasteiger partial charge is 0.0590 e. The quantitative estimate of drug-likeness (QED) is 0.451. The van der Waals surface area contributed by atoms with Crippen molar-refractivity contribution in [3.63, 3.8) is 0 Å². The summed E-state index contributed by atoms with van der Waals surface area (Å²) in [6.07, 6.45) is 6.37. The normalized spacial score (nSPS) is 21.1. The van der Waals surface area contributed by atoms with Crippen molar-refractivity contribution in [2.45, 2.75) is 69.2 Å². The molecule has 0 bridgehead atoms. The third-order valence-corrected chi connectivity index (χ3v) is 9.67. The van der Waals surface area contributed by atoms with Gasteiger partial charge in [-0.3, -0.25) is 0 Å². The molecule has 0 atom stereocenters. The van der Waals surface area contributed by atoms with Gasteiger partial charge in [0.05, 0.1) is 30.7 Å². The Morgan fingerprint density at radius 3 is 1.24 bits per heavy atom. The minimum absolute atomic E-state index is 0.214. The predicted octanol–water partition coefficient (Wildman–Crippen LogP) is 7.15. The van der Waals surface area contributed by atoms with Crippen LogP contribution in [0.3, 0.4) is 0 Å². The summed E-state index contributed by atoms with van der Waals surface area (Å²) in [5.41, 5.74) is 0.714. The number of hydrogen-bond acceptors (Lipinski definition) is 0. The lowest BCUT2D eigenvalue weighted by Crippen LogP contribution is -2.28. The van der Waals surface area contributed by atoms with Gasteiger partial charge in [-0.2, -0.15) is 0 Å². The average Bonchev–Trinajstić information content (AvgIpc) is 2.24. The van der Waals surface area contributed by atoms with Gasteiger partial charge in [0.25, 0.3) is 0 Å². The van der Waals surface area contributed by atoms with Crippen molar-refractivity contribution >= 4 is 7.26 Å². The van der Waals surface area contributed by atoms with E-state index >= 15 is 0 Å². The molecule has 0 spiro atoms. The molecule has 1 rings (SSSR count). The van der Waals surface area contributed by atoms with E-state index in [4.69, 9.17) is 0 Å². The van der Waals surface area contributed by atoms with E-state index in [0.29, 0.717) is 0 Å². The van der Waals surface area contributed by atoms with E-state index in [9.17, 15) is 0 Å². The first-order chi connectivity index (χ1) is 9.14. The van der Waals surface area contributed by atoms with Crippen molar-refractivity contribution in [3.05, 3.63) is 28.7 Å². The number of rotatable bonds is 1. The second-order valence-electron chi connectivity index (χ2n) is 9.77. The lowest BCUT2D eigenvalue weighted by atomic mass is 9.77. The Balaban J connectivity index is 3.59. The zero-order valence-electron chi connectivity index (χ0n) is 16.3. The molecule has 1 radical (unpaired) electrons. The third kappa shape index (κ3) is 3.82. The third-order valence-electron chi connectivity index (χ3n) is 4.68. The van der Waals surface area contributed by atoms with Crippen LogP contribution in [0.1, 0.15) is 69.2 Å². The van der Waals surface area contributed by atoms with Crippen molar-refractivity contribution in [3.8, 4) is 0 Å². The average molecular weight is 308 g/mol. The highest BCUT2D eigenvalue weighted by atomic mass is 31.2. The highest BCUT2D eigenvalue weighted by molar-refractivity contribution is 7.83. The van der Waals surface area contributed by atoms with E-state index in [1.807, 2.05) is 0 Å². The molecule has 0 aliphatic carbocycles. The Kier molecular flexibility index (Phi) is 4.98. The maximum atomic E-state index is 2.56. The van der Waals surface area contributed by atoms with Gasteiger partial charge >= 0.3 is 0 Å². The minimum Gasteiger partial charge on any atom is -0.0590 e. The molecule has 121 valence electrons. The predicted molar refractivity (Wildman–Crippen MR) is 101 cm³/mol. The molecule has 0 fully saturated rings. The van der Waals surface area contributed by atoms with Crippen LogP contribution in [0.15, 0.2) is 22.8 Å². The zero-order valence-corrected chi connectivity index (χ0v) is 17.2. The lowest BCUT2D eigenvalue weighted by Gasteiger charge is -2.43. The monoisotopic (exact) mass is 308 g/mol. The second kappa shape index (κ2) is 5.52. The second-order valence-corrected chi connectivity index (χ2v) is 13.8. The van der Waals surface area contributed by atoms with Crippen molar-refractivity contribution < 1.29 is 0 Å². The van der Waals surface area contributed by atoms with Crippen LogP contribution in [-0.4, -0.2) is 12.8 Å². The summed E-state index contributed by atoms with van der Waals surface area (Å²) in [5, 5.41) is 3.41. The summed E-state index contributed by atoms with van der Waals surface area (Å²) < 4.78 is 0. The summed E-state index contributed by atoms with van der Waals surface area (Å²) in [4.78, 5) is 0. The first-order valence-electron chi connectivity index (χ1n) is 8.32. The molecular weight excluding hydrogens is 271 g/mol. The number of hydrogen-bond donors (Lipinski definition) is 0. The molecule has 1 aliphatic rings. The Hall–Kier alpha value is -0.0900. The maximum Gasteiger partial charge on any atom is 0.0784 e. The van der Waals surface area contributed by atoms with Crippen molar-refractivity contribution in [1.82, 2.24) is 0 Å². The molecule has 0 aromatic carbocycles. The highest BCUT2D eigenvalue weighted by Gasteiger charge is 2.52. The van der Waals surface area contributed by atoms with Gasteiger partial charge in [0.1, 0.15) is 0 Å². The highest BCUT2D eigenvalue weighted by Crippen LogP contribution is 2.78. The minimum atomic E-state index is -1.21. The molecule has 0 amide bonds. The lowest BCUT2D eigenvalue weighted by molar-refractivity contribution is 0.457. The first-order valence-corrected chi connectivity index (χ1v) is 10.7. The topological polar surface area (TPSA) is 0 Å². The van der Waals surface area contributed by atoms with Gasteiger partial charge in [0.2, 0.25) is 0 Å². The van der Waals surface area contributed by atoms with Crippen LogP contribution in [0.25, 0.3) is 0 Å². The Morgan fingerprint density at radius 1 is 0.714 bits per heavy atom. The fourth-order valence-corrected chi connectivity index (χ4v) is 8.19. The molecule has 0 unspecified atom stereocenters. The first kappa shape index (κ1) is 19.0. The summed E-state index contributed by atoms with van der Waals surface area (Å²) in [6.45, 7) is 26.3. The molecule has 0 aromatic heterocycles. The largest absolute Gasteiger partial charge is 0.0784 e. The zero-order chi connectivity index (χ0) is 16.9. The molecule has 0 saturated carbocycles. The van der Waals surface area contributed by atoms with Crippen molar-refractivity contribution in [1.29, 1.82) is 0 Å². The van der Waals surface area contributed by atoms with E-state index in [0.717, 1.165) is 0 Å². The molecule has 0 saturated heterocycles. The molecule has 1 aliphatic heterocycles. The van der Waals surface area contributed by atoms with E-state index in [-0.39, 0.29) is 16.2 Å². The van der Waals surface area contributed by atoms with Gasteiger partial charge in [-0.25, -0.2) is 0 Å². The van der Waals surface area contributed by atoms with E-state index < -0.39 is 7.26 Å². The Bertz CT molecular complexity index is 412. The van der Waals surface area contributed by atoms with Crippen molar-refractivity contribution in [2.24, 2.45) is 16.2 Å². The summed E-state index contributed by atoms with van der Waals surface area (Å²) >= 11 is 0. The molecular formula is C20H37P+. The molecule has 1 heterocycles. The summed E-state index contributed by atoms with van der Waals surface area (Å²) in [7, 11) is -1.21. The summed E-state index contributed by atoms with van der Waals surface area (Å²) in [5.74, 6) is 1.50. The van der Waals surface area contributed by atoms with Crippen LogP contribution >= 0.6 is 7.26 Å². The van der Waals surface area contributed by atoms with Gasteiger partial charge < -0.3 is 0 Å². The van der Waals surface area contributed by atoms with E-state index in [1.54, 1.807) is 10.6 Å². The van der Waals surface area contributed by atoms with E-state index in [1.165, 1.54) is 12.1 Å². The van der Waals surface area contributed by atoms with Gasteiger partial charge in [-0.1, -0.05) is 62.3 Å². The Morgan fingerprint density at radius 2 is 1.05 bits per heavy atom. The van der Waals surface area contributed by atoms with Gasteiger partial charge in [-0.05, 0) is 24.5 Å². The van der Waals surface area contributed by atoms with Crippen LogP contribution in [0.2, 0.25) is 0 Å². The van der Waals surface area contributed by atoms with Crippen LogP contribution < -0.4 is 0 Å². The molecule has 21 heavy (non-hydrogen) atoms.